The zero-order valence-electron chi connectivity index (χ0n) is 13.3. The standard InChI is InChI=1S/C15H31N3O/c1-12(2)6-9-18-10-7-14(8-11-18)17(5)15(19)16-13(3)4/h12-14H,6-11H2,1-5H3,(H,16,19). The summed E-state index contributed by atoms with van der Waals surface area (Å²) < 4.78 is 0. The van der Waals surface area contributed by atoms with Crippen LogP contribution in [0.5, 0.6) is 0 Å². The van der Waals surface area contributed by atoms with E-state index >= 15 is 0 Å². The van der Waals surface area contributed by atoms with E-state index in [-0.39, 0.29) is 12.1 Å². The molecule has 19 heavy (non-hydrogen) atoms. The summed E-state index contributed by atoms with van der Waals surface area (Å²) in [5.74, 6) is 0.775. The third-order valence-corrected chi connectivity index (χ3v) is 3.86. The molecule has 1 rings (SSSR count). The van der Waals surface area contributed by atoms with Gasteiger partial charge in [-0.3, -0.25) is 0 Å². The molecule has 4 nitrogen and oxygen atoms in total. The van der Waals surface area contributed by atoms with Crippen LogP contribution in [0.1, 0.15) is 47.0 Å². The quantitative estimate of drug-likeness (QED) is 0.832. The van der Waals surface area contributed by atoms with Crippen LogP contribution in [-0.4, -0.2) is 54.6 Å². The minimum atomic E-state index is 0.0654. The number of piperidine rings is 1. The Morgan fingerprint density at radius 1 is 1.26 bits per heavy atom. The highest BCUT2D eigenvalue weighted by Gasteiger charge is 2.25. The van der Waals surface area contributed by atoms with Crippen LogP contribution in [0.2, 0.25) is 0 Å². The summed E-state index contributed by atoms with van der Waals surface area (Å²) in [4.78, 5) is 16.4. The van der Waals surface area contributed by atoms with Crippen LogP contribution in [-0.2, 0) is 0 Å². The van der Waals surface area contributed by atoms with Crippen molar-refractivity contribution in [2.75, 3.05) is 26.7 Å². The lowest BCUT2D eigenvalue weighted by molar-refractivity contribution is 0.131. The summed E-state index contributed by atoms with van der Waals surface area (Å²) in [6.07, 6.45) is 3.47. The number of urea groups is 1. The molecule has 0 spiro atoms. The molecule has 1 aliphatic heterocycles. The lowest BCUT2D eigenvalue weighted by Crippen LogP contribution is -2.50. The second kappa shape index (κ2) is 7.73. The third-order valence-electron chi connectivity index (χ3n) is 3.86. The molecule has 0 radical (unpaired) electrons. The fourth-order valence-corrected chi connectivity index (χ4v) is 2.49. The van der Waals surface area contributed by atoms with Crippen molar-refractivity contribution >= 4 is 6.03 Å². The first-order valence-corrected chi connectivity index (χ1v) is 7.65. The molecule has 0 bridgehead atoms. The van der Waals surface area contributed by atoms with Gasteiger partial charge in [0.05, 0.1) is 0 Å². The van der Waals surface area contributed by atoms with Gasteiger partial charge in [-0.1, -0.05) is 13.8 Å². The molecule has 2 amide bonds. The third kappa shape index (κ3) is 5.81. The SMILES string of the molecule is CC(C)CCN1CCC(N(C)C(=O)NC(C)C)CC1. The van der Waals surface area contributed by atoms with Gasteiger partial charge in [-0.15, -0.1) is 0 Å². The van der Waals surface area contributed by atoms with Gasteiger partial charge in [-0.05, 0) is 45.6 Å². The van der Waals surface area contributed by atoms with E-state index in [9.17, 15) is 4.79 Å². The predicted octanol–water partition coefficient (Wildman–Crippen LogP) is 2.55. The van der Waals surface area contributed by atoms with Crippen LogP contribution in [0.25, 0.3) is 0 Å². The summed E-state index contributed by atoms with van der Waals surface area (Å²) in [6.45, 7) is 12.0. The highest BCUT2D eigenvalue weighted by atomic mass is 16.2. The molecule has 0 aromatic heterocycles. The molecule has 112 valence electrons. The number of likely N-dealkylation sites (tertiary alicyclic amines) is 1. The molecule has 0 aromatic carbocycles. The van der Waals surface area contributed by atoms with Gasteiger partial charge in [0.15, 0.2) is 0 Å². The predicted molar refractivity (Wildman–Crippen MR) is 80.3 cm³/mol. The van der Waals surface area contributed by atoms with Crippen LogP contribution in [0.15, 0.2) is 0 Å². The van der Waals surface area contributed by atoms with E-state index < -0.39 is 0 Å². The molecular formula is C15H31N3O. The van der Waals surface area contributed by atoms with Crippen LogP contribution >= 0.6 is 0 Å². The number of hydrogen-bond donors (Lipinski definition) is 1. The fourth-order valence-electron chi connectivity index (χ4n) is 2.49. The first-order chi connectivity index (χ1) is 8.90. The normalized spacial score (nSPS) is 18.1. The van der Waals surface area contributed by atoms with Crippen LogP contribution < -0.4 is 5.32 Å². The van der Waals surface area contributed by atoms with Crippen molar-refractivity contribution in [3.8, 4) is 0 Å². The average Bonchev–Trinajstić information content (AvgIpc) is 2.35. The first kappa shape index (κ1) is 16.3. The topological polar surface area (TPSA) is 35.6 Å². The first-order valence-electron chi connectivity index (χ1n) is 7.65. The van der Waals surface area contributed by atoms with Crippen molar-refractivity contribution in [3.05, 3.63) is 0 Å². The maximum Gasteiger partial charge on any atom is 0.317 e. The molecule has 4 heteroatoms. The van der Waals surface area contributed by atoms with Gasteiger partial charge in [0.2, 0.25) is 0 Å². The summed E-state index contributed by atoms with van der Waals surface area (Å²) in [5, 5.41) is 2.96. The maximum absolute atomic E-state index is 12.0. The van der Waals surface area contributed by atoms with Gasteiger partial charge >= 0.3 is 6.03 Å². The Bertz CT molecular complexity index is 271. The number of amides is 2. The van der Waals surface area contributed by atoms with Gasteiger partial charge in [0, 0.05) is 32.2 Å². The Balaban J connectivity index is 2.30. The van der Waals surface area contributed by atoms with Gasteiger partial charge in [-0.2, -0.15) is 0 Å². The van der Waals surface area contributed by atoms with Gasteiger partial charge in [-0.25, -0.2) is 4.79 Å². The Labute approximate surface area is 118 Å². The molecule has 1 saturated heterocycles. The number of hydrogen-bond acceptors (Lipinski definition) is 2. The van der Waals surface area contributed by atoms with E-state index in [1.165, 1.54) is 13.0 Å². The Kier molecular flexibility index (Phi) is 6.63. The van der Waals surface area contributed by atoms with Crippen molar-refractivity contribution in [2.24, 2.45) is 5.92 Å². The van der Waals surface area contributed by atoms with Crippen molar-refractivity contribution in [1.29, 1.82) is 0 Å². The molecule has 1 heterocycles. The molecule has 1 aliphatic rings. The molecule has 0 saturated carbocycles. The minimum absolute atomic E-state index is 0.0654. The van der Waals surface area contributed by atoms with E-state index in [4.69, 9.17) is 0 Å². The van der Waals surface area contributed by atoms with Gasteiger partial charge in [0.25, 0.3) is 0 Å². The lowest BCUT2D eigenvalue weighted by atomic mass is 10.0. The largest absolute Gasteiger partial charge is 0.336 e. The van der Waals surface area contributed by atoms with Crippen molar-refractivity contribution in [1.82, 2.24) is 15.1 Å². The zero-order valence-corrected chi connectivity index (χ0v) is 13.3. The van der Waals surface area contributed by atoms with Crippen molar-refractivity contribution in [2.45, 2.75) is 59.0 Å². The Morgan fingerprint density at radius 2 is 1.84 bits per heavy atom. The number of carbonyl (C=O) groups excluding carboxylic acids is 1. The monoisotopic (exact) mass is 269 g/mol. The molecule has 0 aromatic rings. The van der Waals surface area contributed by atoms with Crippen molar-refractivity contribution < 1.29 is 4.79 Å². The average molecular weight is 269 g/mol. The fraction of sp³-hybridized carbons (Fsp3) is 0.933. The number of rotatable bonds is 5. The highest BCUT2D eigenvalue weighted by molar-refractivity contribution is 5.74. The van der Waals surface area contributed by atoms with Crippen LogP contribution in [0, 0.1) is 5.92 Å². The lowest BCUT2D eigenvalue weighted by Gasteiger charge is -2.37. The number of nitrogens with one attached hydrogen (secondary N) is 1. The van der Waals surface area contributed by atoms with Gasteiger partial charge in [0.1, 0.15) is 0 Å². The van der Waals surface area contributed by atoms with E-state index in [1.54, 1.807) is 0 Å². The summed E-state index contributed by atoms with van der Waals surface area (Å²) in [6, 6.07) is 0.672. The molecule has 0 unspecified atom stereocenters. The molecule has 0 aliphatic carbocycles. The van der Waals surface area contributed by atoms with Crippen molar-refractivity contribution in [3.63, 3.8) is 0 Å². The number of nitrogens with zero attached hydrogens (tertiary/aromatic N) is 2. The Morgan fingerprint density at radius 3 is 2.32 bits per heavy atom. The van der Waals surface area contributed by atoms with Crippen LogP contribution in [0.4, 0.5) is 4.79 Å². The molecule has 1 N–H and O–H groups in total. The van der Waals surface area contributed by atoms with E-state index in [2.05, 4.69) is 24.1 Å². The second-order valence-electron chi connectivity index (χ2n) is 6.47. The van der Waals surface area contributed by atoms with Gasteiger partial charge < -0.3 is 15.1 Å². The summed E-state index contributed by atoms with van der Waals surface area (Å²) >= 11 is 0. The van der Waals surface area contributed by atoms with E-state index in [1.807, 2.05) is 25.8 Å². The number of carbonyl (C=O) groups is 1. The van der Waals surface area contributed by atoms with E-state index in [0.29, 0.717) is 6.04 Å². The smallest absolute Gasteiger partial charge is 0.317 e. The molecule has 0 atom stereocenters. The summed E-state index contributed by atoms with van der Waals surface area (Å²) in [5.41, 5.74) is 0. The maximum atomic E-state index is 12.0. The molecular weight excluding hydrogens is 238 g/mol. The minimum Gasteiger partial charge on any atom is -0.336 e. The zero-order chi connectivity index (χ0) is 14.4. The van der Waals surface area contributed by atoms with Crippen LogP contribution in [0.3, 0.4) is 0 Å². The van der Waals surface area contributed by atoms with E-state index in [0.717, 1.165) is 31.8 Å². The molecule has 1 fully saturated rings. The highest BCUT2D eigenvalue weighted by Crippen LogP contribution is 2.16. The second-order valence-corrected chi connectivity index (χ2v) is 6.47. The summed E-state index contributed by atoms with van der Waals surface area (Å²) in [7, 11) is 1.92. The Hall–Kier alpha value is -0.770.